The molecule has 1 fully saturated rings. The second kappa shape index (κ2) is 3.84. The Bertz CT molecular complexity index is 500. The number of amides is 1. The second-order valence-corrected chi connectivity index (χ2v) is 4.80. The zero-order valence-corrected chi connectivity index (χ0v) is 9.38. The molecule has 1 aliphatic heterocycles. The molecular formula is C11H11N3OS. The fourth-order valence-electron chi connectivity index (χ4n) is 1.63. The maximum absolute atomic E-state index is 11.7. The van der Waals surface area contributed by atoms with Crippen LogP contribution in [-0.2, 0) is 4.79 Å². The molecule has 1 aliphatic rings. The van der Waals surface area contributed by atoms with Crippen LogP contribution >= 0.6 is 11.3 Å². The van der Waals surface area contributed by atoms with Crippen molar-refractivity contribution in [2.24, 2.45) is 0 Å². The van der Waals surface area contributed by atoms with E-state index in [1.807, 2.05) is 24.3 Å². The lowest BCUT2D eigenvalue weighted by molar-refractivity contribution is -0.119. The van der Waals surface area contributed by atoms with E-state index in [2.05, 4.69) is 15.6 Å². The molecule has 2 N–H and O–H groups in total. The van der Waals surface area contributed by atoms with Crippen LogP contribution in [0.1, 0.15) is 6.42 Å². The first kappa shape index (κ1) is 9.74. The van der Waals surface area contributed by atoms with Gasteiger partial charge in [0.05, 0.1) is 16.3 Å². The molecule has 1 saturated heterocycles. The first-order valence-corrected chi connectivity index (χ1v) is 6.04. The van der Waals surface area contributed by atoms with Crippen LogP contribution in [0.4, 0.5) is 5.13 Å². The van der Waals surface area contributed by atoms with Crippen LogP contribution in [0.15, 0.2) is 24.3 Å². The summed E-state index contributed by atoms with van der Waals surface area (Å²) in [6, 6.07) is 7.83. The van der Waals surface area contributed by atoms with Crippen LogP contribution in [0.3, 0.4) is 0 Å². The zero-order chi connectivity index (χ0) is 11.0. The number of nitrogens with zero attached hydrogens (tertiary/aromatic N) is 1. The maximum Gasteiger partial charge on any atom is 0.243 e. The number of fused-ring (bicyclic) bond motifs is 1. The summed E-state index contributed by atoms with van der Waals surface area (Å²) in [4.78, 5) is 16.0. The molecule has 0 aliphatic carbocycles. The molecule has 2 aromatic rings. The molecule has 0 bridgehead atoms. The van der Waals surface area contributed by atoms with E-state index >= 15 is 0 Å². The molecule has 1 amide bonds. The highest BCUT2D eigenvalue weighted by molar-refractivity contribution is 7.22. The van der Waals surface area contributed by atoms with Gasteiger partial charge in [-0.3, -0.25) is 4.79 Å². The topological polar surface area (TPSA) is 54.0 Å². The monoisotopic (exact) mass is 233 g/mol. The highest BCUT2D eigenvalue weighted by Gasteiger charge is 2.24. The fourth-order valence-corrected chi connectivity index (χ4v) is 2.50. The Morgan fingerprint density at radius 1 is 1.50 bits per heavy atom. The number of para-hydroxylation sites is 1. The van der Waals surface area contributed by atoms with Crippen LogP contribution < -0.4 is 10.6 Å². The van der Waals surface area contributed by atoms with Gasteiger partial charge in [0.15, 0.2) is 5.13 Å². The molecule has 1 atom stereocenters. The normalized spacial score (nSPS) is 19.4. The van der Waals surface area contributed by atoms with Crippen molar-refractivity contribution in [1.29, 1.82) is 0 Å². The van der Waals surface area contributed by atoms with Gasteiger partial charge >= 0.3 is 0 Å². The number of aromatic nitrogens is 1. The molecule has 0 radical (unpaired) electrons. The van der Waals surface area contributed by atoms with Gasteiger partial charge in [-0.2, -0.15) is 0 Å². The predicted octanol–water partition coefficient (Wildman–Crippen LogP) is 1.60. The van der Waals surface area contributed by atoms with Gasteiger partial charge in [-0.25, -0.2) is 4.98 Å². The van der Waals surface area contributed by atoms with Gasteiger partial charge in [-0.05, 0) is 25.1 Å². The molecule has 1 aromatic heterocycles. The highest BCUT2D eigenvalue weighted by atomic mass is 32.1. The molecule has 16 heavy (non-hydrogen) atoms. The number of hydrogen-bond donors (Lipinski definition) is 2. The smallest absolute Gasteiger partial charge is 0.243 e. The van der Waals surface area contributed by atoms with Gasteiger partial charge < -0.3 is 10.6 Å². The highest BCUT2D eigenvalue weighted by Crippen LogP contribution is 2.25. The van der Waals surface area contributed by atoms with E-state index in [-0.39, 0.29) is 11.9 Å². The summed E-state index contributed by atoms with van der Waals surface area (Å²) in [5, 5.41) is 6.58. The van der Waals surface area contributed by atoms with Crippen molar-refractivity contribution >= 4 is 32.6 Å². The third-order valence-electron chi connectivity index (χ3n) is 2.66. The minimum Gasteiger partial charge on any atom is -0.306 e. The fraction of sp³-hybridized carbons (Fsp3) is 0.273. The van der Waals surface area contributed by atoms with Gasteiger partial charge in [0.25, 0.3) is 0 Å². The van der Waals surface area contributed by atoms with Crippen molar-refractivity contribution in [3.05, 3.63) is 24.3 Å². The Balaban J connectivity index is 1.80. The van der Waals surface area contributed by atoms with E-state index in [4.69, 9.17) is 0 Å². The maximum atomic E-state index is 11.7. The third-order valence-corrected chi connectivity index (χ3v) is 3.62. The summed E-state index contributed by atoms with van der Waals surface area (Å²) < 4.78 is 1.10. The van der Waals surface area contributed by atoms with Gasteiger partial charge in [-0.15, -0.1) is 0 Å². The second-order valence-electron chi connectivity index (χ2n) is 3.77. The van der Waals surface area contributed by atoms with Crippen LogP contribution in [0.2, 0.25) is 0 Å². The van der Waals surface area contributed by atoms with E-state index in [0.29, 0.717) is 5.13 Å². The quantitative estimate of drug-likeness (QED) is 0.828. The molecule has 2 heterocycles. The summed E-state index contributed by atoms with van der Waals surface area (Å²) in [6.45, 7) is 0.929. The molecule has 1 aromatic carbocycles. The number of nitrogens with one attached hydrogen (secondary N) is 2. The van der Waals surface area contributed by atoms with Crippen molar-refractivity contribution in [3.63, 3.8) is 0 Å². The molecule has 0 unspecified atom stereocenters. The van der Waals surface area contributed by atoms with Crippen molar-refractivity contribution in [2.75, 3.05) is 11.9 Å². The molecule has 82 valence electrons. The largest absolute Gasteiger partial charge is 0.306 e. The number of carbonyl (C=O) groups is 1. The number of carbonyl (C=O) groups excluding carboxylic acids is 1. The number of benzene rings is 1. The number of rotatable bonds is 2. The van der Waals surface area contributed by atoms with Crippen LogP contribution in [0.5, 0.6) is 0 Å². The van der Waals surface area contributed by atoms with Crippen molar-refractivity contribution in [2.45, 2.75) is 12.5 Å². The molecule has 4 nitrogen and oxygen atoms in total. The Kier molecular flexibility index (Phi) is 2.34. The van der Waals surface area contributed by atoms with Crippen molar-refractivity contribution in [1.82, 2.24) is 10.3 Å². The van der Waals surface area contributed by atoms with Crippen LogP contribution in [-0.4, -0.2) is 23.5 Å². The lowest BCUT2D eigenvalue weighted by Crippen LogP contribution is -2.50. The van der Waals surface area contributed by atoms with E-state index in [9.17, 15) is 4.79 Å². The van der Waals surface area contributed by atoms with E-state index in [0.717, 1.165) is 23.2 Å². The number of hydrogen-bond acceptors (Lipinski definition) is 4. The van der Waals surface area contributed by atoms with Gasteiger partial charge in [-0.1, -0.05) is 23.5 Å². The third kappa shape index (κ3) is 1.68. The Labute approximate surface area is 96.7 Å². The SMILES string of the molecule is O=C(Nc1nc2ccccc2s1)[C@H]1CCN1. The molecule has 0 spiro atoms. The first-order chi connectivity index (χ1) is 7.83. The summed E-state index contributed by atoms with van der Waals surface area (Å²) >= 11 is 1.51. The van der Waals surface area contributed by atoms with E-state index < -0.39 is 0 Å². The molecule has 5 heteroatoms. The number of thiazole rings is 1. The zero-order valence-electron chi connectivity index (χ0n) is 8.56. The lowest BCUT2D eigenvalue weighted by Gasteiger charge is -2.25. The molecule has 0 saturated carbocycles. The Morgan fingerprint density at radius 2 is 2.31 bits per heavy atom. The average molecular weight is 233 g/mol. The minimum atomic E-state index is -0.0352. The molecular weight excluding hydrogens is 222 g/mol. The van der Waals surface area contributed by atoms with Gasteiger partial charge in [0.2, 0.25) is 5.91 Å². The summed E-state index contributed by atoms with van der Waals surface area (Å²) in [7, 11) is 0. The first-order valence-electron chi connectivity index (χ1n) is 5.23. The van der Waals surface area contributed by atoms with E-state index in [1.165, 1.54) is 11.3 Å². The Morgan fingerprint density at radius 3 is 3.00 bits per heavy atom. The van der Waals surface area contributed by atoms with Crippen molar-refractivity contribution < 1.29 is 4.79 Å². The summed E-state index contributed by atoms with van der Waals surface area (Å²) in [6.07, 6.45) is 0.913. The van der Waals surface area contributed by atoms with E-state index in [1.54, 1.807) is 0 Å². The molecule has 3 rings (SSSR count). The Hall–Kier alpha value is -1.46. The summed E-state index contributed by atoms with van der Waals surface area (Å²) in [5.74, 6) is 0.0188. The van der Waals surface area contributed by atoms with Crippen LogP contribution in [0, 0.1) is 0 Å². The predicted molar refractivity (Wildman–Crippen MR) is 64.7 cm³/mol. The average Bonchev–Trinajstić information content (AvgIpc) is 2.56. The number of anilines is 1. The van der Waals surface area contributed by atoms with Gasteiger partial charge in [0.1, 0.15) is 0 Å². The summed E-state index contributed by atoms with van der Waals surface area (Å²) in [5.41, 5.74) is 0.935. The lowest BCUT2D eigenvalue weighted by atomic mass is 10.1. The standard InChI is InChI=1S/C11H11N3OS/c15-10(8-5-6-12-8)14-11-13-7-3-1-2-4-9(7)16-11/h1-4,8,12H,5-6H2,(H,13,14,15)/t8-/m1/s1. The minimum absolute atomic E-state index is 0.0188. The van der Waals surface area contributed by atoms with Gasteiger partial charge in [0, 0.05) is 0 Å². The van der Waals surface area contributed by atoms with Crippen molar-refractivity contribution in [3.8, 4) is 0 Å². The van der Waals surface area contributed by atoms with Crippen LogP contribution in [0.25, 0.3) is 10.2 Å².